The molecule has 0 radical (unpaired) electrons. The number of nitriles is 1. The monoisotopic (exact) mass is 264 g/mol. The van der Waals surface area contributed by atoms with Gasteiger partial charge in [0.2, 0.25) is 0 Å². The summed E-state index contributed by atoms with van der Waals surface area (Å²) in [7, 11) is -3.24. The molecule has 2 rings (SSSR count). The van der Waals surface area contributed by atoms with Crippen LogP contribution in [0.25, 0.3) is 0 Å². The van der Waals surface area contributed by atoms with Gasteiger partial charge in [-0.15, -0.1) is 0 Å². The van der Waals surface area contributed by atoms with E-state index in [0.29, 0.717) is 23.4 Å². The van der Waals surface area contributed by atoms with Gasteiger partial charge in [0.25, 0.3) is 0 Å². The number of hydrogen-bond donors (Lipinski definition) is 1. The molecule has 0 bridgehead atoms. The Balaban J connectivity index is 2.57. The van der Waals surface area contributed by atoms with Gasteiger partial charge in [-0.3, -0.25) is 5.32 Å². The molecule has 1 aliphatic heterocycles. The van der Waals surface area contributed by atoms with E-state index < -0.39 is 15.4 Å². The van der Waals surface area contributed by atoms with E-state index in [4.69, 9.17) is 0 Å². The number of fused-ring (bicyclic) bond motifs is 1. The van der Waals surface area contributed by atoms with Crippen LogP contribution in [0.1, 0.15) is 25.3 Å². The van der Waals surface area contributed by atoms with Crippen molar-refractivity contribution in [1.82, 2.24) is 5.32 Å². The molecule has 0 fully saturated rings. The Morgan fingerprint density at radius 2 is 2.17 bits per heavy atom. The predicted molar refractivity (Wildman–Crippen MR) is 68.7 cm³/mol. The minimum absolute atomic E-state index is 0.0221. The summed E-state index contributed by atoms with van der Waals surface area (Å²) >= 11 is 0. The molecule has 1 aromatic rings. The summed E-state index contributed by atoms with van der Waals surface area (Å²) in [5, 5.41) is 12.7. The van der Waals surface area contributed by atoms with Gasteiger partial charge in [-0.1, -0.05) is 25.1 Å². The maximum atomic E-state index is 12.0. The van der Waals surface area contributed by atoms with Crippen molar-refractivity contribution in [2.24, 2.45) is 0 Å². The molecule has 5 heteroatoms. The molecule has 0 amide bonds. The van der Waals surface area contributed by atoms with Crippen LogP contribution in [0.3, 0.4) is 0 Å². The Morgan fingerprint density at radius 1 is 1.44 bits per heavy atom. The fourth-order valence-corrected chi connectivity index (χ4v) is 3.96. The largest absolute Gasteiger partial charge is 0.296 e. The van der Waals surface area contributed by atoms with Gasteiger partial charge in [0.05, 0.1) is 16.7 Å². The first-order valence-corrected chi connectivity index (χ1v) is 7.69. The van der Waals surface area contributed by atoms with E-state index in [1.165, 1.54) is 0 Å². The molecule has 0 spiro atoms. The molecule has 96 valence electrons. The smallest absolute Gasteiger partial charge is 0.178 e. The third-order valence-corrected chi connectivity index (χ3v) is 5.06. The van der Waals surface area contributed by atoms with E-state index in [-0.39, 0.29) is 5.75 Å². The number of nitrogens with one attached hydrogen (secondary N) is 1. The zero-order valence-electron chi connectivity index (χ0n) is 10.3. The van der Waals surface area contributed by atoms with Crippen molar-refractivity contribution in [3.8, 4) is 6.07 Å². The van der Waals surface area contributed by atoms with Gasteiger partial charge in [-0.05, 0) is 25.5 Å². The molecule has 1 unspecified atom stereocenters. The quantitative estimate of drug-likeness (QED) is 0.900. The first-order chi connectivity index (χ1) is 8.56. The van der Waals surface area contributed by atoms with Gasteiger partial charge in [-0.2, -0.15) is 5.26 Å². The van der Waals surface area contributed by atoms with Crippen LogP contribution in [0.4, 0.5) is 0 Å². The second-order valence-electron chi connectivity index (χ2n) is 4.51. The summed E-state index contributed by atoms with van der Waals surface area (Å²) in [4.78, 5) is 0.293. The Bertz CT molecular complexity index is 589. The summed E-state index contributed by atoms with van der Waals surface area (Å²) in [6, 6.07) is 9.07. The SMILES string of the molecule is CCCNC1(C#N)CCS(=O)(=O)c2ccccc21. The lowest BCUT2D eigenvalue weighted by atomic mass is 9.88. The topological polar surface area (TPSA) is 70.0 Å². The molecule has 1 aromatic carbocycles. The van der Waals surface area contributed by atoms with Crippen LogP contribution < -0.4 is 5.32 Å². The summed E-state index contributed by atoms with van der Waals surface area (Å²) in [6.07, 6.45) is 1.21. The lowest BCUT2D eigenvalue weighted by molar-refractivity contribution is 0.397. The Kier molecular flexibility index (Phi) is 3.42. The van der Waals surface area contributed by atoms with Crippen molar-refractivity contribution < 1.29 is 8.42 Å². The summed E-state index contributed by atoms with van der Waals surface area (Å²) < 4.78 is 24.0. The van der Waals surface area contributed by atoms with Crippen molar-refractivity contribution in [1.29, 1.82) is 5.26 Å². The van der Waals surface area contributed by atoms with Crippen LogP contribution >= 0.6 is 0 Å². The van der Waals surface area contributed by atoms with Crippen molar-refractivity contribution in [2.75, 3.05) is 12.3 Å². The molecule has 0 saturated heterocycles. The highest BCUT2D eigenvalue weighted by molar-refractivity contribution is 7.91. The Morgan fingerprint density at radius 3 is 2.83 bits per heavy atom. The number of nitrogens with zero attached hydrogens (tertiary/aromatic N) is 1. The number of sulfone groups is 1. The third kappa shape index (κ3) is 2.02. The van der Waals surface area contributed by atoms with Crippen LogP contribution in [0, 0.1) is 11.3 Å². The van der Waals surface area contributed by atoms with E-state index in [2.05, 4.69) is 11.4 Å². The minimum atomic E-state index is -3.24. The van der Waals surface area contributed by atoms with Crippen molar-refractivity contribution in [3.63, 3.8) is 0 Å². The van der Waals surface area contributed by atoms with Crippen LogP contribution in [0.15, 0.2) is 29.2 Å². The van der Waals surface area contributed by atoms with E-state index in [0.717, 1.165) is 6.42 Å². The van der Waals surface area contributed by atoms with Crippen LogP contribution in [-0.4, -0.2) is 20.7 Å². The van der Waals surface area contributed by atoms with Crippen LogP contribution in [-0.2, 0) is 15.4 Å². The highest BCUT2D eigenvalue weighted by Gasteiger charge is 2.41. The van der Waals surface area contributed by atoms with Gasteiger partial charge in [0, 0.05) is 5.56 Å². The fourth-order valence-electron chi connectivity index (χ4n) is 2.30. The molecule has 1 N–H and O–H groups in total. The molecule has 0 aromatic heterocycles. The normalized spacial score (nSPS) is 25.1. The van der Waals surface area contributed by atoms with Gasteiger partial charge in [-0.25, -0.2) is 8.42 Å². The molecular formula is C13H16N2O2S. The maximum Gasteiger partial charge on any atom is 0.178 e. The summed E-state index contributed by atoms with van der Waals surface area (Å²) in [6.45, 7) is 2.71. The first kappa shape index (κ1) is 13.1. The molecule has 1 heterocycles. The summed E-state index contributed by atoms with van der Waals surface area (Å²) in [5.74, 6) is 0.0221. The lowest BCUT2D eigenvalue weighted by Crippen LogP contribution is -2.46. The zero-order valence-corrected chi connectivity index (χ0v) is 11.1. The Labute approximate surface area is 108 Å². The highest BCUT2D eigenvalue weighted by Crippen LogP contribution is 2.36. The first-order valence-electron chi connectivity index (χ1n) is 6.04. The van der Waals surface area contributed by atoms with Crippen molar-refractivity contribution in [3.05, 3.63) is 29.8 Å². The highest BCUT2D eigenvalue weighted by atomic mass is 32.2. The Hall–Kier alpha value is -1.38. The second-order valence-corrected chi connectivity index (χ2v) is 6.59. The van der Waals surface area contributed by atoms with Crippen molar-refractivity contribution in [2.45, 2.75) is 30.2 Å². The van der Waals surface area contributed by atoms with E-state index in [1.807, 2.05) is 6.92 Å². The average molecular weight is 264 g/mol. The van der Waals surface area contributed by atoms with Gasteiger partial charge >= 0.3 is 0 Å². The van der Waals surface area contributed by atoms with Crippen LogP contribution in [0.2, 0.25) is 0 Å². The molecular weight excluding hydrogens is 248 g/mol. The van der Waals surface area contributed by atoms with Crippen molar-refractivity contribution >= 4 is 9.84 Å². The second kappa shape index (κ2) is 4.71. The number of hydrogen-bond acceptors (Lipinski definition) is 4. The van der Waals surface area contributed by atoms with Gasteiger partial charge < -0.3 is 0 Å². The predicted octanol–water partition coefficient (Wildman–Crippen LogP) is 1.58. The number of rotatable bonds is 3. The minimum Gasteiger partial charge on any atom is -0.296 e. The molecule has 18 heavy (non-hydrogen) atoms. The average Bonchev–Trinajstić information content (AvgIpc) is 2.39. The standard InChI is InChI=1S/C13H16N2O2S/c1-2-8-15-13(10-14)7-9-18(16,17)12-6-4-3-5-11(12)13/h3-6,15H,2,7-9H2,1H3. The molecule has 0 aliphatic carbocycles. The fraction of sp³-hybridized carbons (Fsp3) is 0.462. The van der Waals surface area contributed by atoms with Crippen LogP contribution in [0.5, 0.6) is 0 Å². The molecule has 0 saturated carbocycles. The van der Waals surface area contributed by atoms with Gasteiger partial charge in [0.1, 0.15) is 5.54 Å². The zero-order chi connectivity index (χ0) is 13.2. The summed E-state index contributed by atoms with van der Waals surface area (Å²) in [5.41, 5.74) is -0.273. The van der Waals surface area contributed by atoms with E-state index >= 15 is 0 Å². The van der Waals surface area contributed by atoms with E-state index in [1.54, 1.807) is 24.3 Å². The molecule has 1 aliphatic rings. The van der Waals surface area contributed by atoms with Gasteiger partial charge in [0.15, 0.2) is 9.84 Å². The lowest BCUT2D eigenvalue weighted by Gasteiger charge is -2.33. The molecule has 1 atom stereocenters. The molecule has 4 nitrogen and oxygen atoms in total. The number of benzene rings is 1. The maximum absolute atomic E-state index is 12.0. The third-order valence-electron chi connectivity index (χ3n) is 3.30. The van der Waals surface area contributed by atoms with E-state index in [9.17, 15) is 13.7 Å².